The van der Waals surface area contributed by atoms with Gasteiger partial charge in [-0.2, -0.15) is 0 Å². The molecule has 0 aromatic carbocycles. The smallest absolute Gasteiger partial charge is 0.166 e. The van der Waals surface area contributed by atoms with Crippen LogP contribution in [0.1, 0.15) is 33.6 Å². The maximum atomic E-state index is 5.40. The Morgan fingerprint density at radius 1 is 1.27 bits per heavy atom. The van der Waals surface area contributed by atoms with E-state index in [4.69, 9.17) is 17.0 Å². The number of ether oxygens (including phenoxy) is 1. The molecule has 0 fully saturated rings. The summed E-state index contributed by atoms with van der Waals surface area (Å²) in [4.78, 5) is 0. The quantitative estimate of drug-likeness (QED) is 0.495. The van der Waals surface area contributed by atoms with E-state index in [9.17, 15) is 0 Å². The van der Waals surface area contributed by atoms with E-state index >= 15 is 0 Å². The van der Waals surface area contributed by atoms with Gasteiger partial charge in [0.05, 0.1) is 6.61 Å². The zero-order valence-electron chi connectivity index (χ0n) is 10.1. The van der Waals surface area contributed by atoms with E-state index < -0.39 is 0 Å². The summed E-state index contributed by atoms with van der Waals surface area (Å²) in [6, 6.07) is 0. The zero-order valence-corrected chi connectivity index (χ0v) is 11.0. The molecule has 0 aliphatic heterocycles. The molecular formula is C11H24N2OS. The van der Waals surface area contributed by atoms with Gasteiger partial charge in [0, 0.05) is 19.7 Å². The molecule has 0 amide bonds. The Kier molecular flexibility index (Phi) is 9.94. The second kappa shape index (κ2) is 10.2. The minimum atomic E-state index is 0.616. The topological polar surface area (TPSA) is 33.3 Å². The minimum absolute atomic E-state index is 0.616. The number of nitrogens with one attached hydrogen (secondary N) is 2. The van der Waals surface area contributed by atoms with Gasteiger partial charge in [-0.3, -0.25) is 0 Å². The third-order valence-corrected chi connectivity index (χ3v) is 2.13. The van der Waals surface area contributed by atoms with Crippen LogP contribution in [0.15, 0.2) is 0 Å². The Morgan fingerprint density at radius 3 is 2.60 bits per heavy atom. The first-order chi connectivity index (χ1) is 7.16. The van der Waals surface area contributed by atoms with Crippen molar-refractivity contribution in [3.05, 3.63) is 0 Å². The molecule has 0 aromatic heterocycles. The van der Waals surface area contributed by atoms with Crippen LogP contribution in [0.3, 0.4) is 0 Å². The fourth-order valence-electron chi connectivity index (χ4n) is 0.945. The first-order valence-corrected chi connectivity index (χ1v) is 6.17. The summed E-state index contributed by atoms with van der Waals surface area (Å²) in [5.41, 5.74) is 0. The highest BCUT2D eigenvalue weighted by molar-refractivity contribution is 7.80. The molecule has 0 aliphatic rings. The van der Waals surface area contributed by atoms with Crippen LogP contribution < -0.4 is 10.6 Å². The van der Waals surface area contributed by atoms with E-state index in [2.05, 4.69) is 31.4 Å². The van der Waals surface area contributed by atoms with Gasteiger partial charge in [0.15, 0.2) is 5.11 Å². The number of unbranched alkanes of at least 4 members (excludes halogenated alkanes) is 1. The van der Waals surface area contributed by atoms with Crippen LogP contribution >= 0.6 is 12.2 Å². The van der Waals surface area contributed by atoms with Gasteiger partial charge < -0.3 is 15.4 Å². The molecule has 15 heavy (non-hydrogen) atoms. The Morgan fingerprint density at radius 2 is 2.00 bits per heavy atom. The molecular weight excluding hydrogens is 208 g/mol. The molecule has 90 valence electrons. The fraction of sp³-hybridized carbons (Fsp3) is 0.909. The van der Waals surface area contributed by atoms with Crippen LogP contribution in [-0.2, 0) is 4.74 Å². The molecule has 3 nitrogen and oxygen atoms in total. The van der Waals surface area contributed by atoms with Gasteiger partial charge in [-0.25, -0.2) is 0 Å². The van der Waals surface area contributed by atoms with E-state index in [-0.39, 0.29) is 0 Å². The van der Waals surface area contributed by atoms with Gasteiger partial charge in [0.2, 0.25) is 0 Å². The van der Waals surface area contributed by atoms with Crippen LogP contribution in [-0.4, -0.2) is 31.4 Å². The highest BCUT2D eigenvalue weighted by Gasteiger charge is 1.96. The Bertz CT molecular complexity index is 163. The molecule has 0 bridgehead atoms. The lowest BCUT2D eigenvalue weighted by atomic mass is 10.2. The Hall–Kier alpha value is -0.350. The standard InChI is InChI=1S/C11H24N2OS/c1-4-5-7-14-8-6-12-11(15)13-9-10(2)3/h10H,4-9H2,1-3H3,(H2,12,13,15). The molecule has 4 heteroatoms. The van der Waals surface area contributed by atoms with Crippen LogP contribution in [0, 0.1) is 5.92 Å². The monoisotopic (exact) mass is 232 g/mol. The van der Waals surface area contributed by atoms with Gasteiger partial charge >= 0.3 is 0 Å². The maximum Gasteiger partial charge on any atom is 0.166 e. The molecule has 0 heterocycles. The number of hydrogen-bond acceptors (Lipinski definition) is 2. The van der Waals surface area contributed by atoms with Gasteiger partial charge in [0.1, 0.15) is 0 Å². The summed E-state index contributed by atoms with van der Waals surface area (Å²) in [6.45, 7) is 9.75. The van der Waals surface area contributed by atoms with Crippen molar-refractivity contribution in [2.45, 2.75) is 33.6 Å². The molecule has 2 N–H and O–H groups in total. The summed E-state index contributed by atoms with van der Waals surface area (Å²) in [5, 5.41) is 6.98. The average molecular weight is 232 g/mol. The van der Waals surface area contributed by atoms with Crippen molar-refractivity contribution >= 4 is 17.3 Å². The minimum Gasteiger partial charge on any atom is -0.380 e. The molecule has 0 radical (unpaired) electrons. The van der Waals surface area contributed by atoms with Crippen molar-refractivity contribution in [2.75, 3.05) is 26.3 Å². The average Bonchev–Trinajstić information content (AvgIpc) is 2.20. The van der Waals surface area contributed by atoms with Crippen molar-refractivity contribution in [1.82, 2.24) is 10.6 Å². The van der Waals surface area contributed by atoms with E-state index in [0.717, 1.165) is 37.8 Å². The number of hydrogen-bond donors (Lipinski definition) is 2. The molecule has 0 aromatic rings. The van der Waals surface area contributed by atoms with Crippen molar-refractivity contribution in [1.29, 1.82) is 0 Å². The first kappa shape index (κ1) is 14.6. The van der Waals surface area contributed by atoms with Crippen molar-refractivity contribution in [3.63, 3.8) is 0 Å². The van der Waals surface area contributed by atoms with Gasteiger partial charge in [-0.15, -0.1) is 0 Å². The fourth-order valence-corrected chi connectivity index (χ4v) is 1.13. The Balaban J connectivity index is 3.17. The van der Waals surface area contributed by atoms with Gasteiger partial charge in [0.25, 0.3) is 0 Å². The SMILES string of the molecule is CCCCOCCNC(=S)NCC(C)C. The normalized spacial score (nSPS) is 10.4. The van der Waals surface area contributed by atoms with E-state index in [0.29, 0.717) is 5.92 Å². The highest BCUT2D eigenvalue weighted by atomic mass is 32.1. The van der Waals surface area contributed by atoms with Crippen molar-refractivity contribution in [3.8, 4) is 0 Å². The summed E-state index contributed by atoms with van der Waals surface area (Å²) in [5.74, 6) is 0.616. The summed E-state index contributed by atoms with van der Waals surface area (Å²) >= 11 is 5.10. The summed E-state index contributed by atoms with van der Waals surface area (Å²) < 4.78 is 5.40. The predicted molar refractivity (Wildman–Crippen MR) is 69.2 cm³/mol. The molecule has 0 spiro atoms. The third-order valence-electron chi connectivity index (χ3n) is 1.85. The van der Waals surface area contributed by atoms with Crippen LogP contribution in [0.4, 0.5) is 0 Å². The summed E-state index contributed by atoms with van der Waals surface area (Å²) in [6.07, 6.45) is 2.32. The molecule has 0 saturated carbocycles. The summed E-state index contributed by atoms with van der Waals surface area (Å²) in [7, 11) is 0. The third kappa shape index (κ3) is 11.6. The molecule has 0 rings (SSSR count). The first-order valence-electron chi connectivity index (χ1n) is 5.76. The van der Waals surface area contributed by atoms with Crippen LogP contribution in [0.2, 0.25) is 0 Å². The maximum absolute atomic E-state index is 5.40. The number of rotatable bonds is 8. The molecule has 0 unspecified atom stereocenters. The van der Waals surface area contributed by atoms with Crippen LogP contribution in [0.25, 0.3) is 0 Å². The van der Waals surface area contributed by atoms with Gasteiger partial charge in [-0.1, -0.05) is 27.2 Å². The zero-order chi connectivity index (χ0) is 11.5. The van der Waals surface area contributed by atoms with E-state index in [1.54, 1.807) is 0 Å². The highest BCUT2D eigenvalue weighted by Crippen LogP contribution is 1.87. The van der Waals surface area contributed by atoms with Crippen LogP contribution in [0.5, 0.6) is 0 Å². The Labute approximate surface area is 99.0 Å². The van der Waals surface area contributed by atoms with Crippen molar-refractivity contribution in [2.24, 2.45) is 5.92 Å². The molecule has 0 aliphatic carbocycles. The lowest BCUT2D eigenvalue weighted by molar-refractivity contribution is 0.136. The van der Waals surface area contributed by atoms with E-state index in [1.807, 2.05) is 0 Å². The van der Waals surface area contributed by atoms with Crippen molar-refractivity contribution < 1.29 is 4.74 Å². The molecule has 0 saturated heterocycles. The largest absolute Gasteiger partial charge is 0.380 e. The lowest BCUT2D eigenvalue weighted by Crippen LogP contribution is -2.38. The lowest BCUT2D eigenvalue weighted by Gasteiger charge is -2.12. The van der Waals surface area contributed by atoms with Gasteiger partial charge in [-0.05, 0) is 24.6 Å². The molecule has 0 atom stereocenters. The second-order valence-electron chi connectivity index (χ2n) is 4.00. The number of thiocarbonyl (C=S) groups is 1. The predicted octanol–water partition coefficient (Wildman–Crippen LogP) is 1.92. The van der Waals surface area contributed by atoms with E-state index in [1.165, 1.54) is 6.42 Å². The second-order valence-corrected chi connectivity index (χ2v) is 4.40.